The van der Waals surface area contributed by atoms with E-state index in [1.165, 1.54) is 0 Å². The first-order chi connectivity index (χ1) is 11.8. The number of hydrogen-bond donors (Lipinski definition) is 1. The maximum Gasteiger partial charge on any atom is 0.227 e. The van der Waals surface area contributed by atoms with Crippen molar-refractivity contribution in [1.29, 1.82) is 0 Å². The first kappa shape index (κ1) is 16.2. The molecule has 0 radical (unpaired) electrons. The Kier molecular flexibility index (Phi) is 5.21. The lowest BCUT2D eigenvalue weighted by atomic mass is 9.92. The number of hydrogen-bond acceptors (Lipinski definition) is 4. The van der Waals surface area contributed by atoms with E-state index in [9.17, 15) is 4.79 Å². The van der Waals surface area contributed by atoms with E-state index in [1.54, 1.807) is 7.11 Å². The van der Waals surface area contributed by atoms with Gasteiger partial charge < -0.3 is 19.5 Å². The van der Waals surface area contributed by atoms with Crippen molar-refractivity contribution in [3.63, 3.8) is 0 Å². The number of fused-ring (bicyclic) bond motifs is 1. The van der Waals surface area contributed by atoms with E-state index < -0.39 is 0 Å². The van der Waals surface area contributed by atoms with E-state index in [0.29, 0.717) is 26.2 Å². The van der Waals surface area contributed by atoms with Gasteiger partial charge in [0.05, 0.1) is 26.2 Å². The number of amides is 1. The maximum absolute atomic E-state index is 12.4. The molecule has 0 aliphatic carbocycles. The minimum absolute atomic E-state index is 0.0177. The van der Waals surface area contributed by atoms with E-state index in [-0.39, 0.29) is 11.8 Å². The van der Waals surface area contributed by atoms with Crippen molar-refractivity contribution in [1.82, 2.24) is 5.32 Å². The van der Waals surface area contributed by atoms with Crippen LogP contribution in [0.2, 0.25) is 0 Å². The molecule has 5 nitrogen and oxygen atoms in total. The van der Waals surface area contributed by atoms with Gasteiger partial charge in [-0.2, -0.15) is 0 Å². The summed E-state index contributed by atoms with van der Waals surface area (Å²) in [5.41, 5.74) is 0.956. The average Bonchev–Trinajstić information content (AvgIpc) is 2.65. The van der Waals surface area contributed by atoms with Crippen molar-refractivity contribution in [2.45, 2.75) is 12.3 Å². The molecule has 0 spiro atoms. The molecule has 1 heterocycles. The molecule has 24 heavy (non-hydrogen) atoms. The minimum Gasteiger partial charge on any atom is -0.497 e. The highest BCUT2D eigenvalue weighted by atomic mass is 16.5. The molecule has 2 aromatic rings. The summed E-state index contributed by atoms with van der Waals surface area (Å²) in [6, 6.07) is 15.1. The van der Waals surface area contributed by atoms with Crippen molar-refractivity contribution in [3.8, 4) is 17.2 Å². The molecule has 1 atom stereocenters. The summed E-state index contributed by atoms with van der Waals surface area (Å²) in [7, 11) is 1.62. The van der Waals surface area contributed by atoms with Crippen molar-refractivity contribution in [2.75, 3.05) is 26.9 Å². The average molecular weight is 327 g/mol. The Hall–Kier alpha value is -2.69. The fraction of sp³-hybridized carbons (Fsp3) is 0.316. The van der Waals surface area contributed by atoms with Crippen LogP contribution in [0.25, 0.3) is 0 Å². The van der Waals surface area contributed by atoms with Gasteiger partial charge in [0.15, 0.2) is 0 Å². The van der Waals surface area contributed by atoms with Crippen LogP contribution in [0.5, 0.6) is 17.2 Å². The second kappa shape index (κ2) is 7.73. The second-order valence-electron chi connectivity index (χ2n) is 5.54. The number of nitrogens with one attached hydrogen (secondary N) is 1. The highest BCUT2D eigenvalue weighted by Crippen LogP contribution is 2.33. The topological polar surface area (TPSA) is 56.8 Å². The van der Waals surface area contributed by atoms with Crippen LogP contribution < -0.4 is 19.5 Å². The number of ether oxygens (including phenoxy) is 3. The lowest BCUT2D eigenvalue weighted by Gasteiger charge is -2.25. The van der Waals surface area contributed by atoms with Crippen molar-refractivity contribution in [3.05, 3.63) is 54.1 Å². The summed E-state index contributed by atoms with van der Waals surface area (Å²) in [5, 5.41) is 2.94. The zero-order valence-corrected chi connectivity index (χ0v) is 13.7. The minimum atomic E-state index is -0.157. The summed E-state index contributed by atoms with van der Waals surface area (Å²) in [6.45, 7) is 1.45. The monoisotopic (exact) mass is 327 g/mol. The molecule has 1 N–H and O–H groups in total. The van der Waals surface area contributed by atoms with Gasteiger partial charge in [-0.15, -0.1) is 0 Å². The molecule has 1 aliphatic heterocycles. The lowest BCUT2D eigenvalue weighted by molar-refractivity contribution is -0.123. The largest absolute Gasteiger partial charge is 0.497 e. The molecule has 1 aliphatic rings. The van der Waals surface area contributed by atoms with Crippen LogP contribution in [0.4, 0.5) is 0 Å². The van der Waals surface area contributed by atoms with Crippen LogP contribution in [0, 0.1) is 0 Å². The van der Waals surface area contributed by atoms with Crippen LogP contribution in [0.1, 0.15) is 17.9 Å². The Morgan fingerprint density at radius 3 is 2.71 bits per heavy atom. The number of rotatable bonds is 6. The number of methoxy groups -OCH3 is 1. The standard InChI is InChI=1S/C19H21NO4/c1-22-14-6-8-15(9-7-14)23-13-11-20-19(21)17-10-12-24-18-5-3-2-4-16(17)18/h2-9,17H,10-13H2,1H3,(H,20,21). The highest BCUT2D eigenvalue weighted by Gasteiger charge is 2.26. The summed E-state index contributed by atoms with van der Waals surface area (Å²) < 4.78 is 16.3. The SMILES string of the molecule is COc1ccc(OCCNC(=O)C2CCOc3ccccc32)cc1. The van der Waals surface area contributed by atoms with Crippen molar-refractivity contribution >= 4 is 5.91 Å². The predicted molar refractivity (Wildman–Crippen MR) is 90.8 cm³/mol. The molecule has 0 bridgehead atoms. The van der Waals surface area contributed by atoms with Gasteiger partial charge in [0.2, 0.25) is 5.91 Å². The van der Waals surface area contributed by atoms with Gasteiger partial charge in [0, 0.05) is 5.56 Å². The number of benzene rings is 2. The second-order valence-corrected chi connectivity index (χ2v) is 5.54. The Bertz CT molecular complexity index is 684. The van der Waals surface area contributed by atoms with Gasteiger partial charge in [-0.25, -0.2) is 0 Å². The molecule has 0 aromatic heterocycles. The number of carbonyl (C=O) groups excluding carboxylic acids is 1. The molecule has 126 valence electrons. The Balaban J connectivity index is 1.48. The first-order valence-electron chi connectivity index (χ1n) is 8.04. The zero-order chi connectivity index (χ0) is 16.8. The normalized spacial score (nSPS) is 15.8. The Morgan fingerprint density at radius 1 is 1.17 bits per heavy atom. The molecule has 1 unspecified atom stereocenters. The van der Waals surface area contributed by atoms with Gasteiger partial charge >= 0.3 is 0 Å². The van der Waals surface area contributed by atoms with Crippen LogP contribution in [-0.4, -0.2) is 32.8 Å². The lowest BCUT2D eigenvalue weighted by Crippen LogP contribution is -2.34. The van der Waals surface area contributed by atoms with Gasteiger partial charge in [-0.05, 0) is 36.8 Å². The molecule has 2 aromatic carbocycles. The molecule has 1 amide bonds. The summed E-state index contributed by atoms with van der Waals surface area (Å²) in [4.78, 5) is 12.4. The van der Waals surface area contributed by atoms with Crippen LogP contribution >= 0.6 is 0 Å². The van der Waals surface area contributed by atoms with Crippen molar-refractivity contribution < 1.29 is 19.0 Å². The van der Waals surface area contributed by atoms with E-state index in [4.69, 9.17) is 14.2 Å². The Labute approximate surface area is 141 Å². The van der Waals surface area contributed by atoms with Crippen LogP contribution in [0.15, 0.2) is 48.5 Å². The molecule has 5 heteroatoms. The fourth-order valence-corrected chi connectivity index (χ4v) is 2.75. The number of para-hydroxylation sites is 1. The quantitative estimate of drug-likeness (QED) is 0.829. The van der Waals surface area contributed by atoms with E-state index in [1.807, 2.05) is 48.5 Å². The summed E-state index contributed by atoms with van der Waals surface area (Å²) in [5.74, 6) is 2.20. The Morgan fingerprint density at radius 2 is 1.92 bits per heavy atom. The van der Waals surface area contributed by atoms with E-state index in [2.05, 4.69) is 5.32 Å². The van der Waals surface area contributed by atoms with Crippen LogP contribution in [0.3, 0.4) is 0 Å². The number of carbonyl (C=O) groups is 1. The van der Waals surface area contributed by atoms with E-state index in [0.717, 1.165) is 22.8 Å². The van der Waals surface area contributed by atoms with Crippen LogP contribution in [-0.2, 0) is 4.79 Å². The molecular weight excluding hydrogens is 306 g/mol. The summed E-state index contributed by atoms with van der Waals surface area (Å²) >= 11 is 0. The van der Waals surface area contributed by atoms with Crippen molar-refractivity contribution in [2.24, 2.45) is 0 Å². The van der Waals surface area contributed by atoms with Gasteiger partial charge in [-0.1, -0.05) is 18.2 Å². The highest BCUT2D eigenvalue weighted by molar-refractivity contribution is 5.84. The molecule has 0 fully saturated rings. The molecule has 3 rings (SSSR count). The van der Waals surface area contributed by atoms with Gasteiger partial charge in [-0.3, -0.25) is 4.79 Å². The third-order valence-corrected chi connectivity index (χ3v) is 4.00. The third-order valence-electron chi connectivity index (χ3n) is 4.00. The molecule has 0 saturated heterocycles. The first-order valence-corrected chi connectivity index (χ1v) is 8.04. The van der Waals surface area contributed by atoms with Gasteiger partial charge in [0.1, 0.15) is 23.9 Å². The maximum atomic E-state index is 12.4. The third kappa shape index (κ3) is 3.79. The van der Waals surface area contributed by atoms with E-state index >= 15 is 0 Å². The van der Waals surface area contributed by atoms with Gasteiger partial charge in [0.25, 0.3) is 0 Å². The zero-order valence-electron chi connectivity index (χ0n) is 13.7. The fourth-order valence-electron chi connectivity index (χ4n) is 2.75. The predicted octanol–water partition coefficient (Wildman–Crippen LogP) is 2.76. The summed E-state index contributed by atoms with van der Waals surface area (Å²) in [6.07, 6.45) is 0.697. The molecule has 0 saturated carbocycles. The smallest absolute Gasteiger partial charge is 0.227 e. The molecular formula is C19H21NO4.